The van der Waals surface area contributed by atoms with E-state index in [-0.39, 0.29) is 17.9 Å². The summed E-state index contributed by atoms with van der Waals surface area (Å²) >= 11 is 1.56. The number of hydrogen-bond donors (Lipinski definition) is 2. The molecule has 3 atom stereocenters. The molecule has 0 unspecified atom stereocenters. The number of likely N-dealkylation sites (tertiary alicyclic amines) is 1. The van der Waals surface area contributed by atoms with Gasteiger partial charge in [-0.15, -0.1) is 11.3 Å². The van der Waals surface area contributed by atoms with Gasteiger partial charge in [0.2, 0.25) is 0 Å². The summed E-state index contributed by atoms with van der Waals surface area (Å²) in [7, 11) is 0. The normalized spacial score (nSPS) is 22.0. The topological polar surface area (TPSA) is 83.6 Å². The van der Waals surface area contributed by atoms with Crippen LogP contribution in [0.3, 0.4) is 0 Å². The van der Waals surface area contributed by atoms with Gasteiger partial charge in [0.1, 0.15) is 18.1 Å². The van der Waals surface area contributed by atoms with E-state index in [4.69, 9.17) is 4.74 Å². The number of thiazole rings is 1. The largest absolute Gasteiger partial charge is 0.490 e. The number of fused-ring (bicyclic) bond motifs is 2. The van der Waals surface area contributed by atoms with Gasteiger partial charge < -0.3 is 20.3 Å². The summed E-state index contributed by atoms with van der Waals surface area (Å²) < 4.78 is 5.67. The second-order valence-electron chi connectivity index (χ2n) is 9.63. The van der Waals surface area contributed by atoms with Crippen molar-refractivity contribution in [2.45, 2.75) is 26.3 Å². The molecule has 0 spiro atoms. The molecule has 0 radical (unpaired) electrons. The quantitative estimate of drug-likeness (QED) is 0.565. The lowest BCUT2D eigenvalue weighted by Crippen LogP contribution is -2.46. The van der Waals surface area contributed by atoms with Crippen LogP contribution >= 0.6 is 11.3 Å². The maximum absolute atomic E-state index is 13.8. The molecule has 2 aliphatic heterocycles. The lowest BCUT2D eigenvalue weighted by molar-refractivity contribution is 0.0690. The van der Waals surface area contributed by atoms with Crippen LogP contribution in [0.2, 0.25) is 0 Å². The van der Waals surface area contributed by atoms with Crippen LogP contribution in [0.1, 0.15) is 37.8 Å². The molecule has 3 heterocycles. The van der Waals surface area contributed by atoms with Crippen LogP contribution in [0.25, 0.3) is 10.4 Å². The van der Waals surface area contributed by atoms with E-state index in [9.17, 15) is 9.59 Å². The van der Waals surface area contributed by atoms with E-state index < -0.39 is 0 Å². The lowest BCUT2D eigenvalue weighted by Gasteiger charge is -2.28. The van der Waals surface area contributed by atoms with Crippen LogP contribution in [0, 0.1) is 25.7 Å². The lowest BCUT2D eigenvalue weighted by atomic mass is 10.1. The van der Waals surface area contributed by atoms with Crippen LogP contribution in [0.5, 0.6) is 5.75 Å². The van der Waals surface area contributed by atoms with Gasteiger partial charge in [0.25, 0.3) is 11.8 Å². The van der Waals surface area contributed by atoms with E-state index in [1.165, 1.54) is 0 Å². The Morgan fingerprint density at radius 2 is 2.09 bits per heavy atom. The van der Waals surface area contributed by atoms with Crippen molar-refractivity contribution in [2.24, 2.45) is 11.8 Å². The van der Waals surface area contributed by atoms with E-state index in [0.29, 0.717) is 48.5 Å². The highest BCUT2D eigenvalue weighted by atomic mass is 32.1. The number of ether oxygens (including phenoxy) is 1. The first-order valence-electron chi connectivity index (χ1n) is 12.1. The Kier molecular flexibility index (Phi) is 5.48. The minimum atomic E-state index is -0.152. The van der Waals surface area contributed by atoms with E-state index >= 15 is 0 Å². The number of aromatic nitrogens is 1. The fraction of sp³-hybridized carbons (Fsp3) is 0.370. The van der Waals surface area contributed by atoms with E-state index in [1.54, 1.807) is 17.4 Å². The average molecular weight is 489 g/mol. The zero-order chi connectivity index (χ0) is 24.1. The third-order valence-electron chi connectivity index (χ3n) is 7.18. The Morgan fingerprint density at radius 1 is 1.23 bits per heavy atom. The summed E-state index contributed by atoms with van der Waals surface area (Å²) in [4.78, 5) is 34.3. The van der Waals surface area contributed by atoms with Crippen LogP contribution in [0.15, 0.2) is 42.5 Å². The Morgan fingerprint density at radius 3 is 2.94 bits per heavy atom. The van der Waals surface area contributed by atoms with Crippen molar-refractivity contribution in [2.75, 3.05) is 31.6 Å². The highest BCUT2D eigenvalue weighted by Gasteiger charge is 2.54. The first-order chi connectivity index (χ1) is 17.0. The average Bonchev–Trinajstić information content (AvgIpc) is 3.38. The number of carbonyl (C=O) groups is 2. The Hall–Kier alpha value is -3.39. The molecule has 3 aromatic rings. The molecule has 2 aromatic carbocycles. The molecule has 6 rings (SSSR count). The van der Waals surface area contributed by atoms with Crippen molar-refractivity contribution < 1.29 is 14.3 Å². The molecule has 2 amide bonds. The number of aryl methyl sites for hydroxylation is 2. The van der Waals surface area contributed by atoms with Crippen molar-refractivity contribution in [3.05, 3.63) is 64.3 Å². The fourth-order valence-corrected chi connectivity index (χ4v) is 6.32. The standard InChI is InChI=1S/C27H28N4O3S/c1-15-5-3-6-17(11-15)25-24(30-16(2)35-25)27(33)31-14-18-12-20(18)21(31)13-29-26(32)19-7-4-8-22-23(19)28-9-10-34-22/h3-8,11,18,20-21,28H,9-10,12-14H2,1-2H3,(H,29,32)/t18-,20-,21+/m0/s1. The molecule has 8 heteroatoms. The van der Waals surface area contributed by atoms with Crippen LogP contribution in [-0.4, -0.2) is 54.0 Å². The zero-order valence-corrected chi connectivity index (χ0v) is 20.7. The van der Waals surface area contributed by atoms with Crippen LogP contribution < -0.4 is 15.4 Å². The molecule has 1 saturated carbocycles. The van der Waals surface area contributed by atoms with Crippen molar-refractivity contribution >= 4 is 28.8 Å². The summed E-state index contributed by atoms with van der Waals surface area (Å²) in [5.41, 5.74) is 4.01. The molecule has 35 heavy (non-hydrogen) atoms. The van der Waals surface area contributed by atoms with E-state index in [2.05, 4.69) is 34.7 Å². The summed E-state index contributed by atoms with van der Waals surface area (Å²) in [6, 6.07) is 13.7. The fourth-order valence-electron chi connectivity index (χ4n) is 5.41. The van der Waals surface area contributed by atoms with Gasteiger partial charge in [0, 0.05) is 19.6 Å². The third-order valence-corrected chi connectivity index (χ3v) is 8.20. The first kappa shape index (κ1) is 22.1. The number of nitrogens with one attached hydrogen (secondary N) is 2. The number of anilines is 1. The Balaban J connectivity index is 1.21. The molecule has 7 nitrogen and oxygen atoms in total. The molecule has 1 aliphatic carbocycles. The second-order valence-corrected chi connectivity index (χ2v) is 10.8. The molecule has 180 valence electrons. The molecule has 3 aliphatic rings. The van der Waals surface area contributed by atoms with Crippen molar-refractivity contribution in [3.63, 3.8) is 0 Å². The van der Waals surface area contributed by atoms with Gasteiger partial charge in [-0.05, 0) is 49.8 Å². The number of piperidine rings is 1. The summed E-state index contributed by atoms with van der Waals surface area (Å²) in [5.74, 6) is 1.47. The summed E-state index contributed by atoms with van der Waals surface area (Å²) in [6.45, 7) is 6.40. The van der Waals surface area contributed by atoms with Gasteiger partial charge >= 0.3 is 0 Å². The second kappa shape index (κ2) is 8.68. The SMILES string of the molecule is Cc1cccc(-c2sc(C)nc2C(=O)N2C[C@@H]3C[C@@H]3[C@H]2CNC(=O)c2cccc3c2NCCO3)c1. The smallest absolute Gasteiger partial charge is 0.274 e. The first-order valence-corrected chi connectivity index (χ1v) is 12.9. The number of para-hydroxylation sites is 1. The number of benzene rings is 2. The van der Waals surface area contributed by atoms with Crippen molar-refractivity contribution in [1.29, 1.82) is 0 Å². The minimum absolute atomic E-state index is 0.0208. The maximum atomic E-state index is 13.8. The Labute approximate surface area is 208 Å². The maximum Gasteiger partial charge on any atom is 0.274 e. The molecule has 0 bridgehead atoms. The number of rotatable bonds is 5. The number of amides is 2. The predicted octanol–water partition coefficient (Wildman–Crippen LogP) is 4.12. The monoisotopic (exact) mass is 488 g/mol. The van der Waals surface area contributed by atoms with E-state index in [1.807, 2.05) is 36.1 Å². The predicted molar refractivity (Wildman–Crippen MR) is 136 cm³/mol. The molecular formula is C27H28N4O3S. The van der Waals surface area contributed by atoms with Gasteiger partial charge in [-0.2, -0.15) is 0 Å². The van der Waals surface area contributed by atoms with Gasteiger partial charge in [-0.25, -0.2) is 4.98 Å². The van der Waals surface area contributed by atoms with Gasteiger partial charge in [-0.3, -0.25) is 9.59 Å². The number of hydrogen-bond acceptors (Lipinski definition) is 6. The highest BCUT2D eigenvalue weighted by molar-refractivity contribution is 7.15. The summed E-state index contributed by atoms with van der Waals surface area (Å²) in [5, 5.41) is 7.25. The minimum Gasteiger partial charge on any atom is -0.490 e. The molecule has 1 aromatic heterocycles. The third kappa shape index (κ3) is 4.05. The van der Waals surface area contributed by atoms with Crippen molar-refractivity contribution in [3.8, 4) is 16.2 Å². The number of nitrogens with zero attached hydrogens (tertiary/aromatic N) is 2. The molecule has 2 N–H and O–H groups in total. The summed E-state index contributed by atoms with van der Waals surface area (Å²) in [6.07, 6.45) is 1.11. The van der Waals surface area contributed by atoms with E-state index in [0.717, 1.165) is 39.7 Å². The van der Waals surface area contributed by atoms with Crippen molar-refractivity contribution in [1.82, 2.24) is 15.2 Å². The van der Waals surface area contributed by atoms with Crippen LogP contribution in [0.4, 0.5) is 5.69 Å². The van der Waals surface area contributed by atoms with Crippen LogP contribution in [-0.2, 0) is 0 Å². The highest BCUT2D eigenvalue weighted by Crippen LogP contribution is 2.50. The van der Waals surface area contributed by atoms with Gasteiger partial charge in [0.05, 0.1) is 27.2 Å². The Bertz CT molecular complexity index is 1320. The van der Waals surface area contributed by atoms with Gasteiger partial charge in [0.15, 0.2) is 0 Å². The van der Waals surface area contributed by atoms with Gasteiger partial charge in [-0.1, -0.05) is 35.9 Å². The molecule has 1 saturated heterocycles. The number of carbonyl (C=O) groups excluding carboxylic acids is 2. The zero-order valence-electron chi connectivity index (χ0n) is 19.8. The molecular weight excluding hydrogens is 460 g/mol. The molecule has 2 fully saturated rings.